The third-order valence-corrected chi connectivity index (χ3v) is 4.33. The van der Waals surface area contributed by atoms with Gasteiger partial charge in [0.2, 0.25) is 0 Å². The third kappa shape index (κ3) is 2.61. The molecule has 0 fully saturated rings. The molecule has 3 aromatic rings. The number of fused-ring (bicyclic) bond motifs is 1. The summed E-state index contributed by atoms with van der Waals surface area (Å²) < 4.78 is 2.97. The van der Waals surface area contributed by atoms with Gasteiger partial charge in [-0.3, -0.25) is 4.68 Å². The van der Waals surface area contributed by atoms with Crippen LogP contribution in [0.2, 0.25) is 0 Å². The van der Waals surface area contributed by atoms with E-state index >= 15 is 0 Å². The molecule has 0 saturated heterocycles. The maximum Gasteiger partial charge on any atom is 0.0740 e. The summed E-state index contributed by atoms with van der Waals surface area (Å²) in [5, 5.41) is 6.83. The highest BCUT2D eigenvalue weighted by Gasteiger charge is 2.19. The lowest BCUT2D eigenvalue weighted by atomic mass is 9.97. The number of nitrogens with zero attached hydrogens (tertiary/aromatic N) is 2. The van der Waals surface area contributed by atoms with Crippen molar-refractivity contribution in [2.75, 3.05) is 0 Å². The average molecular weight is 344 g/mol. The fraction of sp³-hybridized carbons (Fsp3) is 0.235. The first kappa shape index (κ1) is 14.3. The van der Waals surface area contributed by atoms with Crippen molar-refractivity contribution in [1.29, 1.82) is 0 Å². The molecule has 0 aliphatic carbocycles. The number of aryl methyl sites for hydroxylation is 1. The Morgan fingerprint density at radius 2 is 1.95 bits per heavy atom. The van der Waals surface area contributed by atoms with Gasteiger partial charge in [0.25, 0.3) is 0 Å². The van der Waals surface area contributed by atoms with Crippen molar-refractivity contribution < 1.29 is 0 Å². The summed E-state index contributed by atoms with van der Waals surface area (Å²) in [7, 11) is 0. The van der Waals surface area contributed by atoms with Gasteiger partial charge in [-0.2, -0.15) is 5.10 Å². The number of aromatic nitrogens is 2. The van der Waals surface area contributed by atoms with Crippen LogP contribution in [0.25, 0.3) is 10.8 Å². The summed E-state index contributed by atoms with van der Waals surface area (Å²) in [6, 6.07) is 14.4. The Morgan fingerprint density at radius 3 is 2.76 bits per heavy atom. The predicted octanol–water partition coefficient (Wildman–Crippen LogP) is 4.26. The minimum Gasteiger partial charge on any atom is -0.319 e. The van der Waals surface area contributed by atoms with Gasteiger partial charge in [0, 0.05) is 6.54 Å². The zero-order valence-corrected chi connectivity index (χ0v) is 13.5. The minimum atomic E-state index is -0.195. The molecule has 0 aliphatic heterocycles. The van der Waals surface area contributed by atoms with Crippen LogP contribution in [0.3, 0.4) is 0 Å². The van der Waals surface area contributed by atoms with Crippen LogP contribution in [-0.4, -0.2) is 9.78 Å². The van der Waals surface area contributed by atoms with Crippen LogP contribution in [0.1, 0.15) is 30.6 Å². The Bertz CT molecular complexity index is 758. The summed E-state index contributed by atoms with van der Waals surface area (Å²) in [6.07, 6.45) is 2.86. The maximum absolute atomic E-state index is 6.57. The Hall–Kier alpha value is -1.65. The molecule has 1 unspecified atom stereocenters. The van der Waals surface area contributed by atoms with Gasteiger partial charge in [-0.1, -0.05) is 49.4 Å². The van der Waals surface area contributed by atoms with Crippen molar-refractivity contribution in [1.82, 2.24) is 9.78 Å². The van der Waals surface area contributed by atoms with Crippen molar-refractivity contribution >= 4 is 26.7 Å². The van der Waals surface area contributed by atoms with E-state index in [0.29, 0.717) is 0 Å². The Balaban J connectivity index is 2.13. The van der Waals surface area contributed by atoms with E-state index in [9.17, 15) is 0 Å². The zero-order chi connectivity index (χ0) is 14.8. The second-order valence-corrected chi connectivity index (χ2v) is 6.00. The van der Waals surface area contributed by atoms with Gasteiger partial charge >= 0.3 is 0 Å². The molecule has 3 nitrogen and oxygen atoms in total. The van der Waals surface area contributed by atoms with Crippen LogP contribution >= 0.6 is 15.9 Å². The van der Waals surface area contributed by atoms with E-state index in [0.717, 1.165) is 28.7 Å². The van der Waals surface area contributed by atoms with Crippen molar-refractivity contribution in [3.63, 3.8) is 0 Å². The van der Waals surface area contributed by atoms with E-state index in [1.165, 1.54) is 10.8 Å². The topological polar surface area (TPSA) is 43.8 Å². The van der Waals surface area contributed by atoms with Crippen molar-refractivity contribution in [3.8, 4) is 0 Å². The monoisotopic (exact) mass is 343 g/mol. The van der Waals surface area contributed by atoms with E-state index in [1.807, 2.05) is 10.9 Å². The van der Waals surface area contributed by atoms with Crippen molar-refractivity contribution in [2.24, 2.45) is 5.73 Å². The van der Waals surface area contributed by atoms with Crippen LogP contribution in [0.15, 0.2) is 53.1 Å². The van der Waals surface area contributed by atoms with Crippen LogP contribution < -0.4 is 5.73 Å². The molecule has 1 aromatic heterocycles. The smallest absolute Gasteiger partial charge is 0.0740 e. The first-order valence-corrected chi connectivity index (χ1v) is 7.96. The lowest BCUT2D eigenvalue weighted by molar-refractivity contribution is 0.559. The average Bonchev–Trinajstić information content (AvgIpc) is 2.87. The Morgan fingerprint density at radius 1 is 1.19 bits per heavy atom. The summed E-state index contributed by atoms with van der Waals surface area (Å²) in [4.78, 5) is 0. The predicted molar refractivity (Wildman–Crippen MR) is 90.2 cm³/mol. The van der Waals surface area contributed by atoms with Gasteiger partial charge in [0.15, 0.2) is 0 Å². The maximum atomic E-state index is 6.57. The first-order chi connectivity index (χ1) is 10.2. The van der Waals surface area contributed by atoms with Crippen molar-refractivity contribution in [3.05, 3.63) is 64.4 Å². The summed E-state index contributed by atoms with van der Waals surface area (Å²) >= 11 is 3.59. The fourth-order valence-electron chi connectivity index (χ4n) is 2.74. The molecular formula is C17H18BrN3. The molecule has 1 heterocycles. The third-order valence-electron chi connectivity index (χ3n) is 3.72. The van der Waals surface area contributed by atoms with Crippen molar-refractivity contribution in [2.45, 2.75) is 25.9 Å². The molecule has 21 heavy (non-hydrogen) atoms. The van der Waals surface area contributed by atoms with Crippen LogP contribution in [0.4, 0.5) is 0 Å². The number of hydrogen-bond acceptors (Lipinski definition) is 2. The highest BCUT2D eigenvalue weighted by molar-refractivity contribution is 9.10. The molecule has 2 N–H and O–H groups in total. The summed E-state index contributed by atoms with van der Waals surface area (Å²) in [5.41, 5.74) is 8.73. The van der Waals surface area contributed by atoms with Gasteiger partial charge in [0.05, 0.1) is 22.4 Å². The van der Waals surface area contributed by atoms with Crippen LogP contribution in [-0.2, 0) is 6.54 Å². The molecule has 3 rings (SSSR count). The lowest BCUT2D eigenvalue weighted by Gasteiger charge is -2.17. The largest absolute Gasteiger partial charge is 0.319 e. The molecule has 1 atom stereocenters. The number of nitrogens with two attached hydrogens (primary N) is 1. The molecule has 0 bridgehead atoms. The van der Waals surface area contributed by atoms with Gasteiger partial charge in [-0.25, -0.2) is 0 Å². The molecule has 108 valence electrons. The normalized spacial score (nSPS) is 12.7. The molecule has 0 amide bonds. The second kappa shape index (κ2) is 6.00. The second-order valence-electron chi connectivity index (χ2n) is 5.15. The van der Waals surface area contributed by atoms with E-state index in [4.69, 9.17) is 5.73 Å². The van der Waals surface area contributed by atoms with Crippen LogP contribution in [0.5, 0.6) is 0 Å². The quantitative estimate of drug-likeness (QED) is 0.769. The van der Waals surface area contributed by atoms with E-state index < -0.39 is 0 Å². The fourth-order valence-corrected chi connectivity index (χ4v) is 3.28. The van der Waals surface area contributed by atoms with Gasteiger partial charge < -0.3 is 5.73 Å². The molecule has 4 heteroatoms. The minimum absolute atomic E-state index is 0.195. The molecule has 0 saturated carbocycles. The van der Waals surface area contributed by atoms with Gasteiger partial charge in [-0.05, 0) is 38.7 Å². The van der Waals surface area contributed by atoms with E-state index in [2.05, 4.69) is 70.4 Å². The van der Waals surface area contributed by atoms with Gasteiger partial charge in [-0.15, -0.1) is 0 Å². The number of hydrogen-bond donors (Lipinski definition) is 1. The molecule has 0 radical (unpaired) electrons. The van der Waals surface area contributed by atoms with Crippen LogP contribution in [0, 0.1) is 0 Å². The highest BCUT2D eigenvalue weighted by Crippen LogP contribution is 2.31. The highest BCUT2D eigenvalue weighted by atomic mass is 79.9. The first-order valence-electron chi connectivity index (χ1n) is 7.16. The molecule has 0 spiro atoms. The van der Waals surface area contributed by atoms with E-state index in [-0.39, 0.29) is 6.04 Å². The molecule has 0 aliphatic rings. The summed E-state index contributed by atoms with van der Waals surface area (Å²) in [5.74, 6) is 0. The Labute approximate surface area is 132 Å². The standard InChI is InChI=1S/C17H18BrN3/c1-2-10-21-17(15(18)11-20-21)16(19)14-9-5-7-12-6-3-4-8-13(12)14/h3-9,11,16H,2,10,19H2,1H3. The number of halogens is 1. The number of benzene rings is 2. The van der Waals surface area contributed by atoms with E-state index in [1.54, 1.807) is 0 Å². The molecular weight excluding hydrogens is 326 g/mol. The number of rotatable bonds is 4. The summed E-state index contributed by atoms with van der Waals surface area (Å²) in [6.45, 7) is 3.02. The molecule has 2 aromatic carbocycles. The Kier molecular flexibility index (Phi) is 4.08. The van der Waals surface area contributed by atoms with Gasteiger partial charge in [0.1, 0.15) is 0 Å². The SMILES string of the molecule is CCCn1ncc(Br)c1C(N)c1cccc2ccccc12. The lowest BCUT2D eigenvalue weighted by Crippen LogP contribution is -2.18. The zero-order valence-electron chi connectivity index (χ0n) is 12.0.